The van der Waals surface area contributed by atoms with Crippen LogP contribution < -0.4 is 11.1 Å². The monoisotopic (exact) mass is 487 g/mol. The van der Waals surface area contributed by atoms with E-state index in [2.05, 4.69) is 10.4 Å². The van der Waals surface area contributed by atoms with Crippen molar-refractivity contribution in [2.24, 2.45) is 5.73 Å². The van der Waals surface area contributed by atoms with E-state index in [9.17, 15) is 23.9 Å². The number of hydrogen-bond donors (Lipinski definition) is 3. The van der Waals surface area contributed by atoms with Gasteiger partial charge in [-0.05, 0) is 36.6 Å². The summed E-state index contributed by atoms with van der Waals surface area (Å²) in [4.78, 5) is 38.9. The van der Waals surface area contributed by atoms with E-state index in [1.165, 1.54) is 21.7 Å². The summed E-state index contributed by atoms with van der Waals surface area (Å²) in [6.45, 7) is -0.671. The molecule has 0 radical (unpaired) electrons. The third-order valence-corrected chi connectivity index (χ3v) is 5.94. The Morgan fingerprint density at radius 1 is 1.26 bits per heavy atom. The van der Waals surface area contributed by atoms with Crippen molar-refractivity contribution in [3.05, 3.63) is 64.1 Å². The van der Waals surface area contributed by atoms with E-state index in [0.29, 0.717) is 16.5 Å². The molecule has 4 N–H and O–H groups in total. The Balaban J connectivity index is 1.47. The van der Waals surface area contributed by atoms with Crippen molar-refractivity contribution in [1.29, 1.82) is 0 Å². The molecular weight excluding hydrogens is 465 g/mol. The molecule has 1 saturated carbocycles. The van der Waals surface area contributed by atoms with Crippen LogP contribution in [0.15, 0.2) is 36.4 Å². The highest BCUT2D eigenvalue weighted by molar-refractivity contribution is 6.30. The molecule has 1 aliphatic carbocycles. The number of primary amides is 1. The molecular formula is C23H23ClFN5O4. The number of amides is 3. The van der Waals surface area contributed by atoms with Gasteiger partial charge in [-0.3, -0.25) is 19.1 Å². The van der Waals surface area contributed by atoms with E-state index in [-0.39, 0.29) is 54.5 Å². The second-order valence-electron chi connectivity index (χ2n) is 8.12. The molecule has 1 fully saturated rings. The molecule has 2 aromatic carbocycles. The summed E-state index contributed by atoms with van der Waals surface area (Å²) >= 11 is 5.77. The normalized spacial score (nSPS) is 13.1. The zero-order valence-electron chi connectivity index (χ0n) is 18.1. The van der Waals surface area contributed by atoms with E-state index in [4.69, 9.17) is 17.3 Å². The molecule has 178 valence electrons. The van der Waals surface area contributed by atoms with Gasteiger partial charge in [-0.1, -0.05) is 29.8 Å². The number of carbonyl (C=O) groups is 3. The molecule has 0 bridgehead atoms. The zero-order chi connectivity index (χ0) is 24.4. The smallest absolute Gasteiger partial charge is 0.269 e. The van der Waals surface area contributed by atoms with E-state index < -0.39 is 17.6 Å². The Kier molecular flexibility index (Phi) is 6.80. The van der Waals surface area contributed by atoms with Crippen molar-refractivity contribution in [2.45, 2.75) is 38.6 Å². The lowest BCUT2D eigenvalue weighted by atomic mass is 10.1. The van der Waals surface area contributed by atoms with Crippen LogP contribution in [0.5, 0.6) is 0 Å². The number of nitrogens with two attached hydrogens (primary N) is 1. The Bertz CT molecular complexity index is 1270. The first-order valence-corrected chi connectivity index (χ1v) is 11.1. The van der Waals surface area contributed by atoms with Crippen LogP contribution in [0.4, 0.5) is 4.39 Å². The number of nitrogens with one attached hydrogen (secondary N) is 1. The highest BCUT2D eigenvalue weighted by Gasteiger charge is 2.34. The summed E-state index contributed by atoms with van der Waals surface area (Å²) in [5.41, 5.74) is 6.77. The minimum atomic E-state index is -0.752. The molecule has 1 aliphatic rings. The summed E-state index contributed by atoms with van der Waals surface area (Å²) in [5.74, 6) is -2.13. The van der Waals surface area contributed by atoms with Crippen molar-refractivity contribution >= 4 is 40.2 Å². The maximum atomic E-state index is 14.1. The van der Waals surface area contributed by atoms with Gasteiger partial charge in [-0.15, -0.1) is 0 Å². The number of nitrogens with zero attached hydrogens (tertiary/aromatic N) is 3. The summed E-state index contributed by atoms with van der Waals surface area (Å²) in [5, 5.41) is 16.6. The van der Waals surface area contributed by atoms with Crippen molar-refractivity contribution < 1.29 is 23.9 Å². The summed E-state index contributed by atoms with van der Waals surface area (Å²) in [6.07, 6.45) is 1.54. The molecule has 3 amide bonds. The number of carbonyl (C=O) groups excluding carboxylic acids is 3. The summed E-state index contributed by atoms with van der Waals surface area (Å²) in [7, 11) is 0. The second-order valence-corrected chi connectivity index (χ2v) is 8.53. The molecule has 0 aliphatic heterocycles. The second kappa shape index (κ2) is 9.78. The van der Waals surface area contributed by atoms with Gasteiger partial charge < -0.3 is 21.1 Å². The summed E-state index contributed by atoms with van der Waals surface area (Å²) < 4.78 is 15.4. The van der Waals surface area contributed by atoms with Gasteiger partial charge in [0.1, 0.15) is 12.4 Å². The number of fused-ring (bicyclic) bond motifs is 1. The lowest BCUT2D eigenvalue weighted by Crippen LogP contribution is -2.43. The minimum Gasteiger partial charge on any atom is -0.392 e. The van der Waals surface area contributed by atoms with Gasteiger partial charge in [-0.25, -0.2) is 4.39 Å². The standard InChI is InChI=1S/C23H23ClFN5O4/c24-17-3-1-2-14(21(17)25)9-27-19(32)10-29(15-5-6-15)20(33)11-30-18-7-4-13(12-31)8-16(18)22(28-30)23(26)34/h1-4,7-8,15,31H,5-6,9-12H2,(H2,26,34)(H,27,32). The predicted octanol–water partition coefficient (Wildman–Crippen LogP) is 1.73. The van der Waals surface area contributed by atoms with Crippen LogP contribution in [0.3, 0.4) is 0 Å². The molecule has 0 saturated heterocycles. The number of benzene rings is 2. The van der Waals surface area contributed by atoms with Gasteiger partial charge in [0.25, 0.3) is 5.91 Å². The van der Waals surface area contributed by atoms with Gasteiger partial charge in [0, 0.05) is 23.5 Å². The number of aromatic nitrogens is 2. The molecule has 0 unspecified atom stereocenters. The predicted molar refractivity (Wildman–Crippen MR) is 122 cm³/mol. The first-order valence-electron chi connectivity index (χ1n) is 10.7. The lowest BCUT2D eigenvalue weighted by molar-refractivity contribution is -0.137. The molecule has 1 heterocycles. The average molecular weight is 488 g/mol. The highest BCUT2D eigenvalue weighted by atomic mass is 35.5. The van der Waals surface area contributed by atoms with Crippen LogP contribution in [-0.4, -0.2) is 50.1 Å². The van der Waals surface area contributed by atoms with Gasteiger partial charge in [0.2, 0.25) is 11.8 Å². The average Bonchev–Trinajstić information content (AvgIpc) is 3.59. The quantitative estimate of drug-likeness (QED) is 0.423. The van der Waals surface area contributed by atoms with Crippen LogP contribution in [0.25, 0.3) is 10.9 Å². The van der Waals surface area contributed by atoms with E-state index in [1.54, 1.807) is 24.3 Å². The largest absolute Gasteiger partial charge is 0.392 e. The SMILES string of the molecule is NC(=O)c1nn(CC(=O)N(CC(=O)NCc2cccc(Cl)c2F)C2CC2)c2ccc(CO)cc12. The van der Waals surface area contributed by atoms with Crippen LogP contribution in [0.1, 0.15) is 34.5 Å². The third-order valence-electron chi connectivity index (χ3n) is 5.65. The molecule has 1 aromatic heterocycles. The minimum absolute atomic E-state index is 0.00244. The number of aliphatic hydroxyl groups is 1. The van der Waals surface area contributed by atoms with Gasteiger partial charge in [0.05, 0.1) is 23.7 Å². The Morgan fingerprint density at radius 2 is 2.03 bits per heavy atom. The first kappa shape index (κ1) is 23.7. The molecule has 0 atom stereocenters. The van der Waals surface area contributed by atoms with E-state index >= 15 is 0 Å². The van der Waals surface area contributed by atoms with Crippen LogP contribution in [0.2, 0.25) is 5.02 Å². The van der Waals surface area contributed by atoms with E-state index in [0.717, 1.165) is 12.8 Å². The Morgan fingerprint density at radius 3 is 2.71 bits per heavy atom. The fraction of sp³-hybridized carbons (Fsp3) is 0.304. The molecule has 11 heteroatoms. The molecule has 0 spiro atoms. The number of hydrogen-bond acceptors (Lipinski definition) is 5. The molecule has 34 heavy (non-hydrogen) atoms. The van der Waals surface area contributed by atoms with Crippen LogP contribution in [0, 0.1) is 5.82 Å². The van der Waals surface area contributed by atoms with Crippen molar-refractivity contribution in [1.82, 2.24) is 20.0 Å². The fourth-order valence-corrected chi connectivity index (χ4v) is 3.94. The van der Waals surface area contributed by atoms with E-state index in [1.807, 2.05) is 0 Å². The molecule has 4 rings (SSSR count). The van der Waals surface area contributed by atoms with Gasteiger partial charge in [0.15, 0.2) is 5.69 Å². The van der Waals surface area contributed by atoms with Crippen LogP contribution >= 0.6 is 11.6 Å². The highest BCUT2D eigenvalue weighted by Crippen LogP contribution is 2.28. The van der Waals surface area contributed by atoms with Crippen molar-refractivity contribution in [3.8, 4) is 0 Å². The Hall–Kier alpha value is -3.50. The number of halogens is 2. The molecule has 9 nitrogen and oxygen atoms in total. The lowest BCUT2D eigenvalue weighted by Gasteiger charge is -2.22. The zero-order valence-corrected chi connectivity index (χ0v) is 18.9. The molecule has 3 aromatic rings. The number of rotatable bonds is 9. The third kappa shape index (κ3) is 5.02. The van der Waals surface area contributed by atoms with Crippen molar-refractivity contribution in [2.75, 3.05) is 6.54 Å². The summed E-state index contributed by atoms with van der Waals surface area (Å²) in [6, 6.07) is 9.38. The van der Waals surface area contributed by atoms with Crippen molar-refractivity contribution in [3.63, 3.8) is 0 Å². The number of aliphatic hydroxyl groups excluding tert-OH is 1. The topological polar surface area (TPSA) is 131 Å². The Labute approximate surface area is 199 Å². The fourth-order valence-electron chi connectivity index (χ4n) is 3.74. The first-order chi connectivity index (χ1) is 16.3. The van der Waals surface area contributed by atoms with Crippen LogP contribution in [-0.2, 0) is 29.3 Å². The van der Waals surface area contributed by atoms with Gasteiger partial charge in [-0.2, -0.15) is 5.10 Å². The maximum absolute atomic E-state index is 14.1. The van der Waals surface area contributed by atoms with Gasteiger partial charge >= 0.3 is 0 Å². The maximum Gasteiger partial charge on any atom is 0.269 e.